The smallest absolute Gasteiger partial charge is 0.00695 e. The monoisotopic (exact) mass is 213 g/mol. The molecule has 0 aromatic carbocycles. The van der Waals surface area contributed by atoms with Crippen LogP contribution >= 0.6 is 0 Å². The summed E-state index contributed by atoms with van der Waals surface area (Å²) in [6.45, 7) is 10.4. The third-order valence-corrected chi connectivity index (χ3v) is 3.22. The van der Waals surface area contributed by atoms with E-state index in [0.29, 0.717) is 0 Å². The Morgan fingerprint density at radius 2 is 1.73 bits per heavy atom. The van der Waals surface area contributed by atoms with Crippen molar-refractivity contribution in [3.63, 3.8) is 0 Å². The summed E-state index contributed by atoms with van der Waals surface area (Å²) in [4.78, 5) is 0. The molecule has 0 amide bonds. The minimum Gasteiger partial charge on any atom is -0.314 e. The van der Waals surface area contributed by atoms with Crippen LogP contribution in [-0.4, -0.2) is 12.6 Å². The summed E-state index contributed by atoms with van der Waals surface area (Å²) < 4.78 is 0. The average Bonchev–Trinajstić information content (AvgIpc) is 2.25. The predicted molar refractivity (Wildman–Crippen MR) is 70.3 cm³/mol. The molecular formula is C14H31N. The highest BCUT2D eigenvalue weighted by Gasteiger charge is 2.10. The molecule has 1 N–H and O–H groups in total. The second-order valence-electron chi connectivity index (χ2n) is 4.90. The van der Waals surface area contributed by atoms with Crippen molar-refractivity contribution < 1.29 is 0 Å². The average molecular weight is 213 g/mol. The fourth-order valence-corrected chi connectivity index (χ4v) is 1.94. The van der Waals surface area contributed by atoms with Gasteiger partial charge in [-0.3, -0.25) is 0 Å². The van der Waals surface area contributed by atoms with E-state index in [1.807, 2.05) is 0 Å². The molecule has 0 aromatic heterocycles. The Labute approximate surface area is 97.0 Å². The minimum atomic E-state index is 0.770. The molecule has 0 aliphatic carbocycles. The van der Waals surface area contributed by atoms with Crippen LogP contribution in [-0.2, 0) is 0 Å². The van der Waals surface area contributed by atoms with Gasteiger partial charge in [0.1, 0.15) is 0 Å². The van der Waals surface area contributed by atoms with Crippen LogP contribution in [0.2, 0.25) is 0 Å². The van der Waals surface area contributed by atoms with Gasteiger partial charge >= 0.3 is 0 Å². The van der Waals surface area contributed by atoms with E-state index in [2.05, 4.69) is 33.0 Å². The highest BCUT2D eigenvalue weighted by atomic mass is 14.9. The quantitative estimate of drug-likeness (QED) is 0.531. The normalized spacial score (nSPS) is 15.2. The molecule has 2 unspecified atom stereocenters. The molecule has 0 aliphatic rings. The molecule has 0 saturated heterocycles. The zero-order chi connectivity index (χ0) is 11.5. The molecule has 0 bridgehead atoms. The summed E-state index contributed by atoms with van der Waals surface area (Å²) in [5, 5.41) is 3.69. The fraction of sp³-hybridized carbons (Fsp3) is 1.00. The van der Waals surface area contributed by atoms with Crippen molar-refractivity contribution in [2.45, 2.75) is 78.7 Å². The van der Waals surface area contributed by atoms with Gasteiger partial charge in [-0.2, -0.15) is 0 Å². The second-order valence-corrected chi connectivity index (χ2v) is 4.90. The first-order valence-electron chi connectivity index (χ1n) is 6.97. The van der Waals surface area contributed by atoms with Gasteiger partial charge in [0.25, 0.3) is 0 Å². The molecule has 0 fully saturated rings. The predicted octanol–water partition coefficient (Wildman–Crippen LogP) is 4.37. The topological polar surface area (TPSA) is 12.0 Å². The van der Waals surface area contributed by atoms with Crippen molar-refractivity contribution in [1.29, 1.82) is 0 Å². The zero-order valence-electron chi connectivity index (χ0n) is 11.3. The summed E-state index contributed by atoms with van der Waals surface area (Å²) >= 11 is 0. The standard InChI is InChI=1S/C14H31N/c1-5-8-9-10-14(15-11-6-2)12-13(4)7-3/h13-15H,5-12H2,1-4H3. The molecule has 15 heavy (non-hydrogen) atoms. The van der Waals surface area contributed by atoms with Crippen LogP contribution in [0.25, 0.3) is 0 Å². The fourth-order valence-electron chi connectivity index (χ4n) is 1.94. The first-order chi connectivity index (χ1) is 7.24. The van der Waals surface area contributed by atoms with E-state index in [-0.39, 0.29) is 0 Å². The maximum Gasteiger partial charge on any atom is 0.00695 e. The number of nitrogens with one attached hydrogen (secondary N) is 1. The maximum atomic E-state index is 3.69. The van der Waals surface area contributed by atoms with Crippen molar-refractivity contribution in [2.24, 2.45) is 5.92 Å². The number of unbranched alkanes of at least 4 members (excludes halogenated alkanes) is 2. The zero-order valence-corrected chi connectivity index (χ0v) is 11.3. The van der Waals surface area contributed by atoms with Crippen LogP contribution in [0.5, 0.6) is 0 Å². The highest BCUT2D eigenvalue weighted by molar-refractivity contribution is 4.69. The third kappa shape index (κ3) is 8.92. The second kappa shape index (κ2) is 10.5. The van der Waals surface area contributed by atoms with E-state index in [1.54, 1.807) is 0 Å². The lowest BCUT2D eigenvalue weighted by Crippen LogP contribution is -2.31. The summed E-state index contributed by atoms with van der Waals surface area (Å²) in [6.07, 6.45) is 9.43. The number of hydrogen-bond acceptors (Lipinski definition) is 1. The van der Waals surface area contributed by atoms with Gasteiger partial charge in [-0.15, -0.1) is 0 Å². The van der Waals surface area contributed by atoms with E-state index in [0.717, 1.165) is 12.0 Å². The third-order valence-electron chi connectivity index (χ3n) is 3.22. The largest absolute Gasteiger partial charge is 0.314 e. The van der Waals surface area contributed by atoms with Gasteiger partial charge in [0.2, 0.25) is 0 Å². The molecule has 92 valence electrons. The Balaban J connectivity index is 3.72. The van der Waals surface area contributed by atoms with Gasteiger partial charge in [0.15, 0.2) is 0 Å². The molecular weight excluding hydrogens is 182 g/mol. The van der Waals surface area contributed by atoms with Crippen molar-refractivity contribution in [1.82, 2.24) is 5.32 Å². The summed E-state index contributed by atoms with van der Waals surface area (Å²) in [5.41, 5.74) is 0. The number of rotatable bonds is 10. The Kier molecular flexibility index (Phi) is 10.4. The van der Waals surface area contributed by atoms with Crippen molar-refractivity contribution >= 4 is 0 Å². The van der Waals surface area contributed by atoms with E-state index in [1.165, 1.54) is 51.5 Å². The van der Waals surface area contributed by atoms with Gasteiger partial charge in [-0.1, -0.05) is 53.4 Å². The summed E-state index contributed by atoms with van der Waals surface area (Å²) in [7, 11) is 0. The van der Waals surface area contributed by atoms with E-state index in [9.17, 15) is 0 Å². The van der Waals surface area contributed by atoms with Gasteiger partial charge in [0, 0.05) is 6.04 Å². The molecule has 0 rings (SSSR count). The van der Waals surface area contributed by atoms with Crippen molar-refractivity contribution in [3.05, 3.63) is 0 Å². The lowest BCUT2D eigenvalue weighted by atomic mass is 9.95. The van der Waals surface area contributed by atoms with E-state index in [4.69, 9.17) is 0 Å². The Bertz CT molecular complexity index is 123. The molecule has 0 saturated carbocycles. The van der Waals surface area contributed by atoms with Gasteiger partial charge in [-0.05, 0) is 31.7 Å². The van der Waals surface area contributed by atoms with Crippen molar-refractivity contribution in [3.8, 4) is 0 Å². The van der Waals surface area contributed by atoms with Crippen LogP contribution in [0, 0.1) is 5.92 Å². The molecule has 2 atom stereocenters. The van der Waals surface area contributed by atoms with Crippen LogP contribution in [0.3, 0.4) is 0 Å². The minimum absolute atomic E-state index is 0.770. The van der Waals surface area contributed by atoms with Crippen LogP contribution in [0.15, 0.2) is 0 Å². The van der Waals surface area contributed by atoms with Crippen molar-refractivity contribution in [2.75, 3.05) is 6.54 Å². The summed E-state index contributed by atoms with van der Waals surface area (Å²) in [5.74, 6) is 0.876. The van der Waals surface area contributed by atoms with E-state index < -0.39 is 0 Å². The maximum absolute atomic E-state index is 3.69. The Morgan fingerprint density at radius 3 is 2.27 bits per heavy atom. The lowest BCUT2D eigenvalue weighted by molar-refractivity contribution is 0.367. The Morgan fingerprint density at radius 1 is 1.00 bits per heavy atom. The number of hydrogen-bond donors (Lipinski definition) is 1. The highest BCUT2D eigenvalue weighted by Crippen LogP contribution is 2.14. The van der Waals surface area contributed by atoms with Crippen LogP contribution < -0.4 is 5.32 Å². The summed E-state index contributed by atoms with van der Waals surface area (Å²) in [6, 6.07) is 0.770. The van der Waals surface area contributed by atoms with E-state index >= 15 is 0 Å². The van der Waals surface area contributed by atoms with Gasteiger partial charge < -0.3 is 5.32 Å². The molecule has 1 nitrogen and oxygen atoms in total. The Hall–Kier alpha value is -0.0400. The van der Waals surface area contributed by atoms with Crippen LogP contribution in [0.1, 0.15) is 72.6 Å². The van der Waals surface area contributed by atoms with Gasteiger partial charge in [0.05, 0.1) is 0 Å². The molecule has 0 aromatic rings. The molecule has 0 spiro atoms. The molecule has 0 radical (unpaired) electrons. The SMILES string of the molecule is CCCCCC(CC(C)CC)NCCC. The molecule has 0 aliphatic heterocycles. The molecule has 0 heterocycles. The first-order valence-corrected chi connectivity index (χ1v) is 6.97. The lowest BCUT2D eigenvalue weighted by Gasteiger charge is -2.21. The van der Waals surface area contributed by atoms with Gasteiger partial charge in [-0.25, -0.2) is 0 Å². The first kappa shape index (κ1) is 15.0. The van der Waals surface area contributed by atoms with Crippen LogP contribution in [0.4, 0.5) is 0 Å². The molecule has 1 heteroatoms.